The van der Waals surface area contributed by atoms with Crippen LogP contribution in [-0.2, 0) is 0 Å². The summed E-state index contributed by atoms with van der Waals surface area (Å²) in [6.07, 6.45) is 2.66. The van der Waals surface area contributed by atoms with E-state index in [2.05, 4.69) is 0 Å². The van der Waals surface area contributed by atoms with Crippen molar-refractivity contribution in [3.8, 4) is 0 Å². The molecule has 0 aliphatic heterocycles. The molecule has 2 atom stereocenters. The Morgan fingerprint density at radius 3 is 2.50 bits per heavy atom. The lowest BCUT2D eigenvalue weighted by Gasteiger charge is -2.21. The molecule has 0 heterocycles. The van der Waals surface area contributed by atoms with Crippen LogP contribution in [0.2, 0.25) is 0 Å². The fourth-order valence-corrected chi connectivity index (χ4v) is 1.17. The van der Waals surface area contributed by atoms with Crippen LogP contribution in [0, 0.1) is 0 Å². The Bertz CT molecular complexity index is 90.5. The molecule has 0 amide bonds. The summed E-state index contributed by atoms with van der Waals surface area (Å²) in [5, 5.41) is 9.13. The summed E-state index contributed by atoms with van der Waals surface area (Å²) >= 11 is 0. The van der Waals surface area contributed by atoms with Crippen LogP contribution in [0.15, 0.2) is 0 Å². The number of hydrogen-bond donors (Lipinski definition) is 2. The lowest BCUT2D eigenvalue weighted by atomic mass is 10.0. The molecular formula is C6H13NO. The van der Waals surface area contributed by atoms with Crippen molar-refractivity contribution in [3.63, 3.8) is 0 Å². The van der Waals surface area contributed by atoms with Crippen LogP contribution < -0.4 is 5.73 Å². The van der Waals surface area contributed by atoms with Gasteiger partial charge in [0.1, 0.15) is 0 Å². The van der Waals surface area contributed by atoms with Crippen LogP contribution in [0.5, 0.6) is 0 Å². The second-order valence-electron chi connectivity index (χ2n) is 2.91. The van der Waals surface area contributed by atoms with Gasteiger partial charge in [-0.2, -0.15) is 0 Å². The normalized spacial score (nSPS) is 47.6. The van der Waals surface area contributed by atoms with E-state index >= 15 is 0 Å². The van der Waals surface area contributed by atoms with Gasteiger partial charge in [-0.05, 0) is 26.2 Å². The third-order valence-corrected chi connectivity index (χ3v) is 1.95. The minimum Gasteiger partial charge on any atom is -0.391 e. The first kappa shape index (κ1) is 6.05. The van der Waals surface area contributed by atoms with E-state index in [0.717, 1.165) is 19.3 Å². The van der Waals surface area contributed by atoms with E-state index in [4.69, 9.17) is 10.8 Å². The molecule has 1 aliphatic carbocycles. The van der Waals surface area contributed by atoms with E-state index in [1.165, 1.54) is 0 Å². The van der Waals surface area contributed by atoms with Gasteiger partial charge < -0.3 is 10.8 Å². The molecule has 1 saturated carbocycles. The Balaban J connectivity index is 2.54. The van der Waals surface area contributed by atoms with Crippen molar-refractivity contribution in [2.75, 3.05) is 0 Å². The maximum absolute atomic E-state index is 9.13. The molecule has 0 aromatic heterocycles. The smallest absolute Gasteiger partial charge is 0.0716 e. The number of aliphatic hydroxyl groups excluding tert-OH is 1. The lowest BCUT2D eigenvalue weighted by Crippen LogP contribution is -2.43. The average Bonchev–Trinajstić information content (AvgIpc) is 1.86. The summed E-state index contributed by atoms with van der Waals surface area (Å²) in [7, 11) is 0. The summed E-state index contributed by atoms with van der Waals surface area (Å²) in [6, 6.07) is 0. The summed E-state index contributed by atoms with van der Waals surface area (Å²) in [6.45, 7) is 1.91. The van der Waals surface area contributed by atoms with Gasteiger partial charge in [-0.15, -0.1) is 0 Å². The predicted octanol–water partition coefficient (Wildman–Crippen LogP) is 0.249. The molecule has 0 aromatic carbocycles. The van der Waals surface area contributed by atoms with Gasteiger partial charge in [0.15, 0.2) is 0 Å². The van der Waals surface area contributed by atoms with Crippen LogP contribution >= 0.6 is 0 Å². The molecule has 0 radical (unpaired) electrons. The maximum atomic E-state index is 9.13. The topological polar surface area (TPSA) is 46.2 Å². The summed E-state index contributed by atoms with van der Waals surface area (Å²) in [4.78, 5) is 0. The molecule has 1 rings (SSSR count). The standard InChI is InChI=1S/C6H13NO/c1-6(7)4-2-3-5(6)8/h5,8H,2-4,7H2,1H3/t5?,6-/m0/s1. The van der Waals surface area contributed by atoms with Crippen molar-refractivity contribution in [2.24, 2.45) is 5.73 Å². The Morgan fingerprint density at radius 2 is 2.38 bits per heavy atom. The lowest BCUT2D eigenvalue weighted by molar-refractivity contribution is 0.120. The monoisotopic (exact) mass is 115 g/mol. The zero-order valence-corrected chi connectivity index (χ0v) is 5.22. The van der Waals surface area contributed by atoms with Gasteiger partial charge >= 0.3 is 0 Å². The van der Waals surface area contributed by atoms with E-state index in [0.29, 0.717) is 0 Å². The number of aliphatic hydroxyl groups is 1. The molecular weight excluding hydrogens is 102 g/mol. The Labute approximate surface area is 49.7 Å². The van der Waals surface area contributed by atoms with Crippen LogP contribution in [0.1, 0.15) is 26.2 Å². The molecule has 48 valence electrons. The molecule has 2 heteroatoms. The molecule has 8 heavy (non-hydrogen) atoms. The second kappa shape index (κ2) is 1.71. The zero-order valence-electron chi connectivity index (χ0n) is 5.22. The minimum atomic E-state index is -0.292. The van der Waals surface area contributed by atoms with Gasteiger partial charge in [0, 0.05) is 5.54 Å². The first-order valence-corrected chi connectivity index (χ1v) is 3.10. The van der Waals surface area contributed by atoms with Gasteiger partial charge in [-0.25, -0.2) is 0 Å². The maximum Gasteiger partial charge on any atom is 0.0716 e. The first-order valence-electron chi connectivity index (χ1n) is 3.10. The van der Waals surface area contributed by atoms with E-state index in [1.807, 2.05) is 6.92 Å². The fourth-order valence-electron chi connectivity index (χ4n) is 1.17. The summed E-state index contributed by atoms with van der Waals surface area (Å²) < 4.78 is 0. The van der Waals surface area contributed by atoms with Gasteiger partial charge in [0.25, 0.3) is 0 Å². The third kappa shape index (κ3) is 0.858. The largest absolute Gasteiger partial charge is 0.391 e. The molecule has 0 spiro atoms. The van der Waals surface area contributed by atoms with Gasteiger partial charge in [0.05, 0.1) is 6.10 Å². The van der Waals surface area contributed by atoms with Crippen molar-refractivity contribution in [1.29, 1.82) is 0 Å². The number of rotatable bonds is 0. The van der Waals surface area contributed by atoms with Crippen molar-refractivity contribution < 1.29 is 5.11 Å². The minimum absolute atomic E-state index is 0.262. The number of hydrogen-bond acceptors (Lipinski definition) is 2. The highest BCUT2D eigenvalue weighted by Gasteiger charge is 2.32. The highest BCUT2D eigenvalue weighted by molar-refractivity contribution is 4.92. The van der Waals surface area contributed by atoms with E-state index in [1.54, 1.807) is 0 Å². The quantitative estimate of drug-likeness (QED) is 0.475. The SMILES string of the molecule is C[C@]1(N)CCCC1O. The highest BCUT2D eigenvalue weighted by Crippen LogP contribution is 2.26. The van der Waals surface area contributed by atoms with Crippen molar-refractivity contribution in [1.82, 2.24) is 0 Å². The first-order chi connectivity index (χ1) is 3.63. The van der Waals surface area contributed by atoms with E-state index in [9.17, 15) is 0 Å². The molecule has 3 N–H and O–H groups in total. The molecule has 1 unspecified atom stereocenters. The Morgan fingerprint density at radius 1 is 1.75 bits per heavy atom. The predicted molar refractivity (Wildman–Crippen MR) is 32.5 cm³/mol. The van der Waals surface area contributed by atoms with Crippen molar-refractivity contribution in [2.45, 2.75) is 37.8 Å². The third-order valence-electron chi connectivity index (χ3n) is 1.95. The summed E-state index contributed by atoms with van der Waals surface area (Å²) in [5.74, 6) is 0. The van der Waals surface area contributed by atoms with E-state index in [-0.39, 0.29) is 11.6 Å². The molecule has 1 aliphatic rings. The molecule has 0 bridgehead atoms. The second-order valence-corrected chi connectivity index (χ2v) is 2.91. The Hall–Kier alpha value is -0.0800. The van der Waals surface area contributed by atoms with E-state index < -0.39 is 0 Å². The van der Waals surface area contributed by atoms with Crippen LogP contribution in [0.3, 0.4) is 0 Å². The zero-order chi connectivity index (χ0) is 6.20. The van der Waals surface area contributed by atoms with Crippen LogP contribution in [0.4, 0.5) is 0 Å². The molecule has 2 nitrogen and oxygen atoms in total. The van der Waals surface area contributed by atoms with Gasteiger partial charge in [0.2, 0.25) is 0 Å². The van der Waals surface area contributed by atoms with Gasteiger partial charge in [-0.1, -0.05) is 0 Å². The molecule has 1 fully saturated rings. The van der Waals surface area contributed by atoms with Gasteiger partial charge in [-0.3, -0.25) is 0 Å². The average molecular weight is 115 g/mol. The highest BCUT2D eigenvalue weighted by atomic mass is 16.3. The Kier molecular flexibility index (Phi) is 1.29. The van der Waals surface area contributed by atoms with Crippen LogP contribution in [0.25, 0.3) is 0 Å². The van der Waals surface area contributed by atoms with Crippen molar-refractivity contribution >= 4 is 0 Å². The van der Waals surface area contributed by atoms with Crippen LogP contribution in [-0.4, -0.2) is 16.7 Å². The fraction of sp³-hybridized carbons (Fsp3) is 1.00. The number of nitrogens with two attached hydrogens (primary N) is 1. The molecule has 0 aromatic rings. The summed E-state index contributed by atoms with van der Waals surface area (Å²) in [5.41, 5.74) is 5.38. The van der Waals surface area contributed by atoms with Crippen molar-refractivity contribution in [3.05, 3.63) is 0 Å². The molecule has 0 saturated heterocycles.